The molecule has 3 rings (SSSR count). The van der Waals surface area contributed by atoms with Crippen LogP contribution in [0, 0.1) is 6.92 Å². The largest absolute Gasteiger partial charge is 0.493 e. The molecule has 0 aliphatic carbocycles. The van der Waals surface area contributed by atoms with Gasteiger partial charge in [-0.3, -0.25) is 9.59 Å². The molecule has 0 bridgehead atoms. The van der Waals surface area contributed by atoms with Crippen molar-refractivity contribution in [3.05, 3.63) is 81.3 Å². The highest BCUT2D eigenvalue weighted by molar-refractivity contribution is 5.92. The van der Waals surface area contributed by atoms with Gasteiger partial charge in [0.15, 0.2) is 17.2 Å². The summed E-state index contributed by atoms with van der Waals surface area (Å²) in [6.07, 6.45) is -4.21. The minimum absolute atomic E-state index is 0.165. The van der Waals surface area contributed by atoms with Crippen molar-refractivity contribution in [1.82, 2.24) is 15.1 Å². The number of nitrogens with one attached hydrogen (secondary N) is 1. The molecule has 7 nitrogen and oxygen atoms in total. The molecule has 33 heavy (non-hydrogen) atoms. The van der Waals surface area contributed by atoms with Crippen molar-refractivity contribution in [1.29, 1.82) is 0 Å². The summed E-state index contributed by atoms with van der Waals surface area (Å²) in [5.41, 5.74) is -1.37. The molecule has 3 aromatic rings. The Morgan fingerprint density at radius 3 is 2.42 bits per heavy atom. The van der Waals surface area contributed by atoms with Crippen molar-refractivity contribution in [2.75, 3.05) is 20.8 Å². The number of benzene rings is 2. The lowest BCUT2D eigenvalue weighted by molar-refractivity contribution is -0.137. The van der Waals surface area contributed by atoms with Crippen LogP contribution in [0.3, 0.4) is 0 Å². The summed E-state index contributed by atoms with van der Waals surface area (Å²) in [7, 11) is 3.03. The number of aryl methyl sites for hydroxylation is 1. The number of amides is 1. The summed E-state index contributed by atoms with van der Waals surface area (Å²) in [5, 5.41) is 6.54. The van der Waals surface area contributed by atoms with E-state index in [1.807, 2.05) is 0 Å². The van der Waals surface area contributed by atoms with Gasteiger partial charge in [-0.2, -0.15) is 18.3 Å². The molecule has 10 heteroatoms. The lowest BCUT2D eigenvalue weighted by atomic mass is 10.1. The summed E-state index contributed by atoms with van der Waals surface area (Å²) < 4.78 is 51.7. The third kappa shape index (κ3) is 5.33. The molecule has 0 radical (unpaired) electrons. The average molecular weight is 461 g/mol. The van der Waals surface area contributed by atoms with E-state index in [9.17, 15) is 22.8 Å². The van der Waals surface area contributed by atoms with Crippen molar-refractivity contribution < 1.29 is 27.4 Å². The van der Waals surface area contributed by atoms with Crippen LogP contribution >= 0.6 is 0 Å². The molecule has 1 heterocycles. The number of nitrogens with zero attached hydrogens (tertiary/aromatic N) is 2. The van der Waals surface area contributed by atoms with Crippen LogP contribution in [0.4, 0.5) is 13.2 Å². The summed E-state index contributed by atoms with van der Waals surface area (Å²) in [5.74, 6) is 0.320. The van der Waals surface area contributed by atoms with E-state index in [1.54, 1.807) is 18.2 Å². The lowest BCUT2D eigenvalue weighted by Gasteiger charge is -2.16. The molecule has 0 saturated heterocycles. The van der Waals surface area contributed by atoms with Gasteiger partial charge < -0.3 is 14.8 Å². The number of rotatable bonds is 7. The first-order valence-electron chi connectivity index (χ1n) is 9.92. The maximum atomic E-state index is 13.4. The third-order valence-electron chi connectivity index (χ3n) is 4.91. The van der Waals surface area contributed by atoms with Gasteiger partial charge in [-0.1, -0.05) is 18.2 Å². The lowest BCUT2D eigenvalue weighted by Crippen LogP contribution is -2.33. The number of halogens is 3. The first kappa shape index (κ1) is 23.8. The van der Waals surface area contributed by atoms with Gasteiger partial charge in [-0.05, 0) is 43.2 Å². The molecular formula is C23H22F3N3O4. The summed E-state index contributed by atoms with van der Waals surface area (Å²) in [4.78, 5) is 24.9. The highest BCUT2D eigenvalue weighted by atomic mass is 19.4. The average Bonchev–Trinajstić information content (AvgIpc) is 2.78. The van der Waals surface area contributed by atoms with E-state index in [1.165, 1.54) is 39.3 Å². The van der Waals surface area contributed by atoms with Gasteiger partial charge in [0.05, 0.1) is 25.5 Å². The van der Waals surface area contributed by atoms with Crippen LogP contribution < -0.4 is 20.2 Å². The summed E-state index contributed by atoms with van der Waals surface area (Å²) in [6, 6.07) is 11.2. The number of carbonyl (C=O) groups excluding carboxylic acids is 1. The van der Waals surface area contributed by atoms with Crippen molar-refractivity contribution in [2.45, 2.75) is 19.5 Å². The van der Waals surface area contributed by atoms with E-state index in [-0.39, 0.29) is 17.9 Å². The van der Waals surface area contributed by atoms with Gasteiger partial charge in [0, 0.05) is 18.3 Å². The number of para-hydroxylation sites is 1. The fraction of sp³-hybridized carbons (Fsp3) is 0.261. The van der Waals surface area contributed by atoms with Crippen LogP contribution in [0.1, 0.15) is 27.3 Å². The molecule has 0 aliphatic heterocycles. The Morgan fingerprint density at radius 1 is 1.06 bits per heavy atom. The predicted molar refractivity (Wildman–Crippen MR) is 115 cm³/mol. The van der Waals surface area contributed by atoms with Crippen molar-refractivity contribution in [2.24, 2.45) is 0 Å². The van der Waals surface area contributed by atoms with Crippen molar-refractivity contribution in [3.8, 4) is 17.2 Å². The Kier molecular flexibility index (Phi) is 7.05. The van der Waals surface area contributed by atoms with Crippen LogP contribution in [0.25, 0.3) is 5.69 Å². The SMILES string of the molecule is COc1ccc(CCNC(=O)c2nn(-c3ccccc3C(F)(F)F)c(C)cc2=O)cc1OC. The zero-order valence-electron chi connectivity index (χ0n) is 18.2. The van der Waals surface area contributed by atoms with E-state index < -0.39 is 28.8 Å². The molecule has 0 unspecified atom stereocenters. The molecule has 0 spiro atoms. The number of methoxy groups -OCH3 is 2. The third-order valence-corrected chi connectivity index (χ3v) is 4.91. The molecule has 1 N–H and O–H groups in total. The van der Waals surface area contributed by atoms with E-state index in [2.05, 4.69) is 10.4 Å². The second-order valence-corrected chi connectivity index (χ2v) is 7.12. The molecule has 0 aliphatic rings. The zero-order chi connectivity index (χ0) is 24.2. The van der Waals surface area contributed by atoms with E-state index in [0.717, 1.165) is 22.4 Å². The standard InChI is InChI=1S/C23H22F3N3O4/c1-14-12-18(30)21(28-29(14)17-7-5-4-6-16(17)23(24,25)26)22(31)27-11-10-15-8-9-19(32-2)20(13-15)33-3/h4-9,12-13H,10-11H2,1-3H3,(H,27,31). The van der Waals surface area contributed by atoms with Crippen LogP contribution in [-0.4, -0.2) is 36.5 Å². The quantitative estimate of drug-likeness (QED) is 0.582. The predicted octanol–water partition coefficient (Wildman–Crippen LogP) is 3.55. The summed E-state index contributed by atoms with van der Waals surface area (Å²) >= 11 is 0. The second kappa shape index (κ2) is 9.76. The van der Waals surface area contributed by atoms with Crippen LogP contribution in [0.5, 0.6) is 11.5 Å². The van der Waals surface area contributed by atoms with Crippen LogP contribution in [-0.2, 0) is 12.6 Å². The Labute approximate surface area is 187 Å². The van der Waals surface area contributed by atoms with Gasteiger partial charge in [0.25, 0.3) is 5.91 Å². The number of hydrogen-bond acceptors (Lipinski definition) is 5. The van der Waals surface area contributed by atoms with Gasteiger partial charge in [0.2, 0.25) is 5.43 Å². The van der Waals surface area contributed by atoms with Crippen molar-refractivity contribution >= 4 is 5.91 Å². The smallest absolute Gasteiger partial charge is 0.418 e. The first-order chi connectivity index (χ1) is 15.7. The number of hydrogen-bond donors (Lipinski definition) is 1. The maximum Gasteiger partial charge on any atom is 0.418 e. The number of carbonyl (C=O) groups is 1. The second-order valence-electron chi connectivity index (χ2n) is 7.12. The van der Waals surface area contributed by atoms with Gasteiger partial charge in [-0.15, -0.1) is 0 Å². The van der Waals surface area contributed by atoms with Crippen LogP contribution in [0.15, 0.2) is 53.3 Å². The molecule has 2 aromatic carbocycles. The summed E-state index contributed by atoms with van der Waals surface area (Å²) in [6.45, 7) is 1.61. The van der Waals surface area contributed by atoms with E-state index in [0.29, 0.717) is 17.9 Å². The van der Waals surface area contributed by atoms with Crippen molar-refractivity contribution in [3.63, 3.8) is 0 Å². The minimum Gasteiger partial charge on any atom is -0.493 e. The minimum atomic E-state index is -4.63. The molecule has 1 aromatic heterocycles. The monoisotopic (exact) mass is 461 g/mol. The molecule has 1 amide bonds. The van der Waals surface area contributed by atoms with E-state index in [4.69, 9.17) is 9.47 Å². The first-order valence-corrected chi connectivity index (χ1v) is 9.92. The Bertz CT molecular complexity index is 1220. The fourth-order valence-corrected chi connectivity index (χ4v) is 3.29. The Morgan fingerprint density at radius 2 is 1.76 bits per heavy atom. The topological polar surface area (TPSA) is 82.5 Å². The molecular weight excluding hydrogens is 439 g/mol. The number of alkyl halides is 3. The highest BCUT2D eigenvalue weighted by Gasteiger charge is 2.34. The fourth-order valence-electron chi connectivity index (χ4n) is 3.29. The zero-order valence-corrected chi connectivity index (χ0v) is 18.2. The number of aromatic nitrogens is 2. The molecule has 0 fully saturated rings. The Balaban J connectivity index is 1.82. The van der Waals surface area contributed by atoms with Gasteiger partial charge in [0.1, 0.15) is 0 Å². The molecule has 0 saturated carbocycles. The highest BCUT2D eigenvalue weighted by Crippen LogP contribution is 2.33. The molecule has 174 valence electrons. The maximum absolute atomic E-state index is 13.4. The molecule has 0 atom stereocenters. The van der Waals surface area contributed by atoms with Gasteiger partial charge in [-0.25, -0.2) is 4.68 Å². The van der Waals surface area contributed by atoms with Crippen LogP contribution in [0.2, 0.25) is 0 Å². The normalized spacial score (nSPS) is 11.2. The van der Waals surface area contributed by atoms with Gasteiger partial charge >= 0.3 is 6.18 Å². The Hall–Kier alpha value is -3.82. The number of ether oxygens (including phenoxy) is 2. The van der Waals surface area contributed by atoms with E-state index >= 15 is 0 Å².